The first-order valence-corrected chi connectivity index (χ1v) is 12.8. The quantitative estimate of drug-likeness (QED) is 0.415. The third-order valence-electron chi connectivity index (χ3n) is 7.53. The predicted octanol–water partition coefficient (Wildman–Crippen LogP) is 6.20. The van der Waals surface area contributed by atoms with Crippen molar-refractivity contribution in [1.29, 1.82) is 0 Å². The molecule has 5 rings (SSSR count). The molecule has 2 aromatic heterocycles. The van der Waals surface area contributed by atoms with Crippen LogP contribution in [0.2, 0.25) is 0 Å². The fourth-order valence-corrected chi connectivity index (χ4v) is 6.26. The van der Waals surface area contributed by atoms with Crippen molar-refractivity contribution in [2.24, 2.45) is 0 Å². The van der Waals surface area contributed by atoms with E-state index in [0.29, 0.717) is 11.2 Å². The minimum atomic E-state index is -0.0872. The Morgan fingerprint density at radius 3 is 2.49 bits per heavy atom. The van der Waals surface area contributed by atoms with Gasteiger partial charge in [-0.05, 0) is 74.8 Å². The number of aromatic nitrogens is 2. The summed E-state index contributed by atoms with van der Waals surface area (Å²) in [6.07, 6.45) is 8.29. The Balaban J connectivity index is 1.65. The highest BCUT2D eigenvalue weighted by Gasteiger charge is 2.43. The van der Waals surface area contributed by atoms with Gasteiger partial charge in [-0.1, -0.05) is 25.3 Å². The number of anilines is 1. The molecule has 3 heterocycles. The molecule has 1 aliphatic heterocycles. The molecule has 1 N–H and O–H groups in total. The lowest BCUT2D eigenvalue weighted by molar-refractivity contribution is 0.345. The van der Waals surface area contributed by atoms with E-state index in [1.807, 2.05) is 36.5 Å². The molecular formula is C28H34N4O2S. The minimum Gasteiger partial charge on any atom is -0.497 e. The van der Waals surface area contributed by atoms with Gasteiger partial charge in [-0.25, -0.2) is 0 Å². The number of benzene rings is 1. The molecule has 0 bridgehead atoms. The summed E-state index contributed by atoms with van der Waals surface area (Å²) in [6, 6.07) is 14.7. The highest BCUT2D eigenvalue weighted by molar-refractivity contribution is 7.80. The van der Waals surface area contributed by atoms with E-state index in [-0.39, 0.29) is 12.1 Å². The van der Waals surface area contributed by atoms with Crippen LogP contribution in [0.1, 0.15) is 72.9 Å². The fourth-order valence-electron chi connectivity index (χ4n) is 5.92. The highest BCUT2D eigenvalue weighted by Crippen LogP contribution is 2.47. The molecule has 6 nitrogen and oxygen atoms in total. The molecule has 35 heavy (non-hydrogen) atoms. The number of nitrogens with one attached hydrogen (secondary N) is 1. The third-order valence-corrected chi connectivity index (χ3v) is 7.84. The van der Waals surface area contributed by atoms with Crippen molar-refractivity contribution < 1.29 is 9.47 Å². The predicted molar refractivity (Wildman–Crippen MR) is 144 cm³/mol. The Kier molecular flexibility index (Phi) is 6.69. The van der Waals surface area contributed by atoms with Gasteiger partial charge in [0.2, 0.25) is 0 Å². The molecule has 184 valence electrons. The topological polar surface area (TPSA) is 51.5 Å². The largest absolute Gasteiger partial charge is 0.497 e. The summed E-state index contributed by atoms with van der Waals surface area (Å²) in [6.45, 7) is 4.50. The van der Waals surface area contributed by atoms with Crippen molar-refractivity contribution in [3.8, 4) is 11.5 Å². The first kappa shape index (κ1) is 23.7. The Morgan fingerprint density at radius 1 is 1.00 bits per heavy atom. The summed E-state index contributed by atoms with van der Waals surface area (Å²) in [5.41, 5.74) is 5.77. The van der Waals surface area contributed by atoms with Crippen LogP contribution in [0.5, 0.6) is 11.5 Å². The Morgan fingerprint density at radius 2 is 1.80 bits per heavy atom. The monoisotopic (exact) mass is 490 g/mol. The van der Waals surface area contributed by atoms with Crippen LogP contribution in [-0.2, 0) is 0 Å². The summed E-state index contributed by atoms with van der Waals surface area (Å²) in [5.74, 6) is 1.47. The van der Waals surface area contributed by atoms with Gasteiger partial charge in [-0.15, -0.1) is 0 Å². The standard InChI is InChI=1S/C28H34N4O2S/c1-18-16-22(19(2)31(18)20-10-6-5-7-11-20)27-26(23-12-8-9-15-29-23)30-28(35)32(27)24-14-13-21(33-3)17-25(24)34-4/h8-9,12-17,20,26-27H,5-7,10-11H2,1-4H3,(H,30,35). The van der Waals surface area contributed by atoms with E-state index in [4.69, 9.17) is 26.7 Å². The zero-order valence-corrected chi connectivity index (χ0v) is 21.8. The molecule has 2 aliphatic rings. The smallest absolute Gasteiger partial charge is 0.174 e. The number of pyridine rings is 1. The van der Waals surface area contributed by atoms with E-state index >= 15 is 0 Å². The highest BCUT2D eigenvalue weighted by atomic mass is 32.1. The molecule has 1 saturated heterocycles. The van der Waals surface area contributed by atoms with Gasteiger partial charge in [0.25, 0.3) is 0 Å². The summed E-state index contributed by atoms with van der Waals surface area (Å²) in [7, 11) is 3.35. The van der Waals surface area contributed by atoms with Crippen molar-refractivity contribution in [1.82, 2.24) is 14.9 Å². The van der Waals surface area contributed by atoms with Crippen molar-refractivity contribution >= 4 is 23.0 Å². The number of ether oxygens (including phenoxy) is 2. The Bertz CT molecular complexity index is 1200. The molecule has 2 fully saturated rings. The van der Waals surface area contributed by atoms with Gasteiger partial charge in [-0.2, -0.15) is 0 Å². The zero-order chi connectivity index (χ0) is 24.5. The molecule has 2 atom stereocenters. The average Bonchev–Trinajstić information content (AvgIpc) is 3.39. The fraction of sp³-hybridized carbons (Fsp3) is 0.429. The lowest BCUT2D eigenvalue weighted by Gasteiger charge is -2.30. The second-order valence-electron chi connectivity index (χ2n) is 9.52. The zero-order valence-electron chi connectivity index (χ0n) is 21.0. The van der Waals surface area contributed by atoms with Crippen LogP contribution in [-0.4, -0.2) is 28.9 Å². The van der Waals surface area contributed by atoms with E-state index in [2.05, 4.69) is 40.8 Å². The van der Waals surface area contributed by atoms with Crippen molar-refractivity contribution in [2.45, 2.75) is 64.1 Å². The molecule has 1 aromatic carbocycles. The number of methoxy groups -OCH3 is 2. The Hall–Kier alpha value is -3.06. The van der Waals surface area contributed by atoms with E-state index in [1.54, 1.807) is 14.2 Å². The van der Waals surface area contributed by atoms with Crippen LogP contribution in [0.3, 0.4) is 0 Å². The molecule has 3 aromatic rings. The van der Waals surface area contributed by atoms with Crippen molar-refractivity contribution in [3.63, 3.8) is 0 Å². The van der Waals surface area contributed by atoms with Crippen molar-refractivity contribution in [3.05, 3.63) is 71.3 Å². The first-order chi connectivity index (χ1) is 17.0. The van der Waals surface area contributed by atoms with Crippen molar-refractivity contribution in [2.75, 3.05) is 19.1 Å². The summed E-state index contributed by atoms with van der Waals surface area (Å²) >= 11 is 5.95. The van der Waals surface area contributed by atoms with E-state index in [9.17, 15) is 0 Å². The van der Waals surface area contributed by atoms with Gasteiger partial charge in [0.05, 0.1) is 37.7 Å². The maximum absolute atomic E-state index is 5.95. The van der Waals surface area contributed by atoms with Crippen LogP contribution in [0.4, 0.5) is 5.69 Å². The van der Waals surface area contributed by atoms with E-state index in [1.165, 1.54) is 49.1 Å². The maximum atomic E-state index is 5.95. The number of hydrogen-bond donors (Lipinski definition) is 1. The Labute approximate surface area is 213 Å². The van der Waals surface area contributed by atoms with Crippen LogP contribution >= 0.6 is 12.2 Å². The number of thiocarbonyl (C=S) groups is 1. The van der Waals surface area contributed by atoms with Gasteiger partial charge in [-0.3, -0.25) is 4.98 Å². The van der Waals surface area contributed by atoms with Crippen LogP contribution in [0, 0.1) is 13.8 Å². The van der Waals surface area contributed by atoms with Gasteiger partial charge in [0.15, 0.2) is 5.11 Å². The number of nitrogens with zero attached hydrogens (tertiary/aromatic N) is 3. The lowest BCUT2D eigenvalue weighted by atomic mass is 9.94. The first-order valence-electron chi connectivity index (χ1n) is 12.4. The van der Waals surface area contributed by atoms with Gasteiger partial charge in [0.1, 0.15) is 11.5 Å². The third kappa shape index (κ3) is 4.27. The molecule has 0 spiro atoms. The molecule has 7 heteroatoms. The maximum Gasteiger partial charge on any atom is 0.174 e. The second kappa shape index (κ2) is 9.90. The van der Waals surface area contributed by atoms with Crippen LogP contribution in [0.25, 0.3) is 0 Å². The van der Waals surface area contributed by atoms with E-state index < -0.39 is 0 Å². The summed E-state index contributed by atoms with van der Waals surface area (Å²) in [4.78, 5) is 6.91. The lowest BCUT2D eigenvalue weighted by Crippen LogP contribution is -2.30. The van der Waals surface area contributed by atoms with Crippen LogP contribution in [0.15, 0.2) is 48.7 Å². The second-order valence-corrected chi connectivity index (χ2v) is 9.91. The van der Waals surface area contributed by atoms with Gasteiger partial charge >= 0.3 is 0 Å². The number of aryl methyl sites for hydroxylation is 1. The summed E-state index contributed by atoms with van der Waals surface area (Å²) < 4.78 is 13.8. The average molecular weight is 491 g/mol. The molecule has 1 saturated carbocycles. The SMILES string of the molecule is COc1ccc(N2C(=S)NC(c3ccccn3)C2c2cc(C)n(C3CCCCC3)c2C)c(OC)c1. The number of hydrogen-bond acceptors (Lipinski definition) is 4. The molecule has 0 amide bonds. The van der Waals surface area contributed by atoms with Gasteiger partial charge < -0.3 is 24.3 Å². The number of rotatable bonds is 6. The molecular weight excluding hydrogens is 456 g/mol. The van der Waals surface area contributed by atoms with Gasteiger partial charge in [0, 0.05) is 29.7 Å². The minimum absolute atomic E-state index is 0.0664. The molecule has 1 aliphatic carbocycles. The normalized spacial score (nSPS) is 20.7. The van der Waals surface area contributed by atoms with E-state index in [0.717, 1.165) is 22.9 Å². The molecule has 2 unspecified atom stereocenters. The summed E-state index contributed by atoms with van der Waals surface area (Å²) in [5, 5.41) is 4.25. The van der Waals surface area contributed by atoms with Crippen LogP contribution < -0.4 is 19.7 Å². The molecule has 0 radical (unpaired) electrons.